The highest BCUT2D eigenvalue weighted by molar-refractivity contribution is 5.95. The third-order valence-electron chi connectivity index (χ3n) is 5.69. The summed E-state index contributed by atoms with van der Waals surface area (Å²) >= 11 is 0. The van der Waals surface area contributed by atoms with Crippen molar-refractivity contribution in [2.75, 3.05) is 25.6 Å². The van der Waals surface area contributed by atoms with Crippen molar-refractivity contribution in [1.82, 2.24) is 5.32 Å². The summed E-state index contributed by atoms with van der Waals surface area (Å²) in [7, 11) is 1.49. The zero-order valence-corrected chi connectivity index (χ0v) is 17.0. The number of nitrogens with one attached hydrogen (secondary N) is 2. The molecule has 2 N–H and O–H groups in total. The summed E-state index contributed by atoms with van der Waals surface area (Å²) < 4.78 is 49.7. The number of benzene rings is 2. The van der Waals surface area contributed by atoms with E-state index in [-0.39, 0.29) is 18.3 Å². The van der Waals surface area contributed by atoms with Gasteiger partial charge < -0.3 is 20.1 Å². The quantitative estimate of drug-likeness (QED) is 0.748. The summed E-state index contributed by atoms with van der Waals surface area (Å²) in [6.45, 7) is 1.16. The van der Waals surface area contributed by atoms with Gasteiger partial charge in [0.05, 0.1) is 19.8 Å². The van der Waals surface area contributed by atoms with Crippen LogP contribution in [0.3, 0.4) is 0 Å². The molecule has 164 valence electrons. The molecule has 1 amide bonds. The van der Waals surface area contributed by atoms with E-state index in [1.165, 1.54) is 19.2 Å². The second-order valence-electron chi connectivity index (χ2n) is 7.68. The first kappa shape index (κ1) is 21.4. The Kier molecular flexibility index (Phi) is 5.77. The zero-order chi connectivity index (χ0) is 22.1. The van der Waals surface area contributed by atoms with Crippen LogP contribution in [0, 0.1) is 0 Å². The summed E-state index contributed by atoms with van der Waals surface area (Å²) in [6.07, 6.45) is -1.16. The molecule has 0 bridgehead atoms. The first-order valence-electron chi connectivity index (χ1n) is 10.0. The van der Waals surface area contributed by atoms with Crippen molar-refractivity contribution < 1.29 is 27.4 Å². The Labute approximate surface area is 178 Å². The molecule has 8 heteroatoms. The number of anilines is 1. The minimum Gasteiger partial charge on any atom is -0.496 e. The summed E-state index contributed by atoms with van der Waals surface area (Å²) in [5.41, 5.74) is 1.99. The van der Waals surface area contributed by atoms with Crippen molar-refractivity contribution in [2.24, 2.45) is 0 Å². The number of hydrogen-bond donors (Lipinski definition) is 2. The minimum atomic E-state index is -4.96. The molecule has 2 atom stereocenters. The molecule has 5 nitrogen and oxygen atoms in total. The molecule has 0 aromatic heterocycles. The lowest BCUT2D eigenvalue weighted by atomic mass is 9.81. The van der Waals surface area contributed by atoms with Crippen LogP contribution in [0.2, 0.25) is 0 Å². The van der Waals surface area contributed by atoms with Gasteiger partial charge in [0.15, 0.2) is 0 Å². The van der Waals surface area contributed by atoms with Crippen molar-refractivity contribution in [1.29, 1.82) is 0 Å². The molecule has 2 aromatic carbocycles. The van der Waals surface area contributed by atoms with Crippen LogP contribution >= 0.6 is 0 Å². The van der Waals surface area contributed by atoms with Crippen molar-refractivity contribution in [3.8, 4) is 5.75 Å². The Morgan fingerprint density at radius 3 is 2.71 bits per heavy atom. The van der Waals surface area contributed by atoms with Gasteiger partial charge in [-0.15, -0.1) is 0 Å². The number of ether oxygens (including phenoxy) is 2. The summed E-state index contributed by atoms with van der Waals surface area (Å²) in [4.78, 5) is 11.3. The van der Waals surface area contributed by atoms with Crippen molar-refractivity contribution in [3.63, 3.8) is 0 Å². The van der Waals surface area contributed by atoms with Gasteiger partial charge >= 0.3 is 12.1 Å². The molecule has 31 heavy (non-hydrogen) atoms. The number of hydrogen-bond acceptors (Lipinski definition) is 4. The number of amides is 1. The molecular formula is C23H23F3N2O3. The number of piperidine rings is 1. The highest BCUT2D eigenvalue weighted by atomic mass is 19.4. The van der Waals surface area contributed by atoms with Gasteiger partial charge in [0.1, 0.15) is 11.4 Å². The van der Waals surface area contributed by atoms with E-state index in [4.69, 9.17) is 9.47 Å². The fourth-order valence-electron chi connectivity index (χ4n) is 4.27. The van der Waals surface area contributed by atoms with Crippen molar-refractivity contribution in [3.05, 3.63) is 65.7 Å². The zero-order valence-electron chi connectivity index (χ0n) is 17.0. The molecule has 1 spiro atoms. The van der Waals surface area contributed by atoms with Gasteiger partial charge in [0.2, 0.25) is 0 Å². The molecule has 2 aromatic rings. The first-order chi connectivity index (χ1) is 14.8. The largest absolute Gasteiger partial charge is 0.496 e. The molecule has 0 aliphatic carbocycles. The minimum absolute atomic E-state index is 0.0425. The summed E-state index contributed by atoms with van der Waals surface area (Å²) in [5.74, 6) is -1.52. The third kappa shape index (κ3) is 4.31. The second kappa shape index (κ2) is 8.36. The lowest BCUT2D eigenvalue weighted by Crippen LogP contribution is -2.47. The maximum absolute atomic E-state index is 12.6. The maximum atomic E-state index is 12.6. The van der Waals surface area contributed by atoms with Gasteiger partial charge in [-0.1, -0.05) is 30.3 Å². The van der Waals surface area contributed by atoms with Crippen LogP contribution in [-0.2, 0) is 9.53 Å². The topological polar surface area (TPSA) is 59.6 Å². The van der Waals surface area contributed by atoms with Gasteiger partial charge in [0, 0.05) is 11.3 Å². The fraction of sp³-hybridized carbons (Fsp3) is 0.348. The smallest absolute Gasteiger partial charge is 0.471 e. The van der Waals surface area contributed by atoms with E-state index in [1.54, 1.807) is 6.07 Å². The Morgan fingerprint density at radius 1 is 1.23 bits per heavy atom. The molecule has 1 fully saturated rings. The summed E-state index contributed by atoms with van der Waals surface area (Å²) in [5, 5.41) is 5.44. The second-order valence-corrected chi connectivity index (χ2v) is 7.68. The van der Waals surface area contributed by atoms with E-state index < -0.39 is 17.7 Å². The van der Waals surface area contributed by atoms with Crippen LogP contribution in [-0.4, -0.2) is 37.9 Å². The van der Waals surface area contributed by atoms with E-state index in [0.717, 1.165) is 30.5 Å². The molecule has 4 rings (SSSR count). The normalized spacial score (nSPS) is 23.5. The van der Waals surface area contributed by atoms with Crippen LogP contribution in [0.25, 0.3) is 5.57 Å². The number of carbonyl (C=O) groups is 1. The SMILES string of the molecule is COc1ccc(NC(=O)C(F)(F)F)cc1C1=C[C@@]2(CCCN[C@H]2c2ccccc2)OC1. The third-order valence-corrected chi connectivity index (χ3v) is 5.69. The van der Waals surface area contributed by atoms with Gasteiger partial charge in [-0.05, 0) is 54.8 Å². The molecule has 1 saturated heterocycles. The molecular weight excluding hydrogens is 409 g/mol. The highest BCUT2D eigenvalue weighted by Crippen LogP contribution is 2.45. The molecule has 2 heterocycles. The standard InChI is InChI=1S/C23H23F3N2O3/c1-30-19-9-8-17(28-21(29)23(24,25)26)12-18(19)16-13-22(31-14-16)10-5-11-27-20(22)15-6-3-2-4-7-15/h2-4,6-9,12-13,20,27H,5,10-11,14H2,1H3,(H,28,29)/t20-,22+/m0/s1. The number of rotatable bonds is 4. The Morgan fingerprint density at radius 2 is 2.00 bits per heavy atom. The Bertz CT molecular complexity index is 991. The lowest BCUT2D eigenvalue weighted by Gasteiger charge is -2.40. The van der Waals surface area contributed by atoms with Gasteiger partial charge in [-0.2, -0.15) is 13.2 Å². The molecule has 0 saturated carbocycles. The van der Waals surface area contributed by atoms with E-state index in [9.17, 15) is 18.0 Å². The van der Waals surface area contributed by atoms with Crippen molar-refractivity contribution in [2.45, 2.75) is 30.7 Å². The van der Waals surface area contributed by atoms with Crippen LogP contribution in [0.4, 0.5) is 18.9 Å². The van der Waals surface area contributed by atoms with E-state index in [2.05, 4.69) is 5.32 Å². The molecule has 0 radical (unpaired) electrons. The van der Waals surface area contributed by atoms with Crippen LogP contribution in [0.15, 0.2) is 54.6 Å². The van der Waals surface area contributed by atoms with Crippen molar-refractivity contribution >= 4 is 17.2 Å². The van der Waals surface area contributed by atoms with Crippen LogP contribution < -0.4 is 15.4 Å². The molecule has 2 aliphatic heterocycles. The molecule has 2 aliphatic rings. The monoisotopic (exact) mass is 432 g/mol. The predicted molar refractivity (Wildman–Crippen MR) is 111 cm³/mol. The van der Waals surface area contributed by atoms with E-state index >= 15 is 0 Å². The van der Waals surface area contributed by atoms with Gasteiger partial charge in [-0.3, -0.25) is 4.79 Å². The first-order valence-corrected chi connectivity index (χ1v) is 10.0. The average molecular weight is 432 g/mol. The predicted octanol–water partition coefficient (Wildman–Crippen LogP) is 4.47. The van der Waals surface area contributed by atoms with Gasteiger partial charge in [-0.25, -0.2) is 0 Å². The van der Waals surface area contributed by atoms with Crippen LogP contribution in [0.5, 0.6) is 5.75 Å². The lowest BCUT2D eigenvalue weighted by molar-refractivity contribution is -0.167. The fourth-order valence-corrected chi connectivity index (χ4v) is 4.27. The maximum Gasteiger partial charge on any atom is 0.471 e. The summed E-state index contributed by atoms with van der Waals surface area (Å²) in [6, 6.07) is 14.4. The Balaban J connectivity index is 1.68. The average Bonchev–Trinajstić information content (AvgIpc) is 3.18. The number of carbonyl (C=O) groups excluding carboxylic acids is 1. The number of methoxy groups -OCH3 is 1. The van der Waals surface area contributed by atoms with Gasteiger partial charge in [0.25, 0.3) is 0 Å². The highest BCUT2D eigenvalue weighted by Gasteiger charge is 2.45. The van der Waals surface area contributed by atoms with E-state index in [0.29, 0.717) is 11.3 Å². The number of halogens is 3. The Hall–Kier alpha value is -2.84. The number of alkyl halides is 3. The van der Waals surface area contributed by atoms with E-state index in [1.807, 2.05) is 41.7 Å². The molecule has 0 unspecified atom stereocenters. The van der Waals surface area contributed by atoms with Crippen LogP contribution in [0.1, 0.15) is 30.0 Å².